The van der Waals surface area contributed by atoms with Gasteiger partial charge in [0.2, 0.25) is 20.0 Å². The summed E-state index contributed by atoms with van der Waals surface area (Å²) in [6.07, 6.45) is 1.13. The molecular weight excluding hydrogens is 256 g/mol. The van der Waals surface area contributed by atoms with Crippen molar-refractivity contribution >= 4 is 25.9 Å². The smallest absolute Gasteiger partial charge is 0.243 e. The van der Waals surface area contributed by atoms with Crippen LogP contribution in [0.2, 0.25) is 0 Å². The number of hydrogen-bond donors (Lipinski definition) is 2. The van der Waals surface area contributed by atoms with Crippen molar-refractivity contribution in [1.82, 2.24) is 9.78 Å². The first-order valence-corrected chi connectivity index (χ1v) is 7.42. The van der Waals surface area contributed by atoms with Crippen LogP contribution in [-0.4, -0.2) is 32.4 Å². The molecule has 8 nitrogen and oxygen atoms in total. The minimum absolute atomic E-state index is 0.187. The standard InChI is InChI=1S/C6H12N4O4S2/c1-3-15(11,12)9-6-5(16(7,13)14)4-10(2)8-6/h4H,3H2,1-2H3,(H,8,9)(H2,7,13,14). The second-order valence-corrected chi connectivity index (χ2v) is 6.61. The molecule has 0 saturated heterocycles. The van der Waals surface area contributed by atoms with Gasteiger partial charge in [0.05, 0.1) is 5.75 Å². The third-order valence-electron chi connectivity index (χ3n) is 1.73. The molecule has 0 unspecified atom stereocenters. The number of anilines is 1. The summed E-state index contributed by atoms with van der Waals surface area (Å²) in [6, 6.07) is 0. The molecule has 0 amide bonds. The first kappa shape index (κ1) is 12.9. The minimum atomic E-state index is -4.00. The number of aryl methyl sites for hydroxylation is 1. The fraction of sp³-hybridized carbons (Fsp3) is 0.500. The van der Waals surface area contributed by atoms with Crippen LogP contribution in [0.5, 0.6) is 0 Å². The van der Waals surface area contributed by atoms with E-state index < -0.39 is 20.0 Å². The van der Waals surface area contributed by atoms with Gasteiger partial charge in [-0.15, -0.1) is 0 Å². The van der Waals surface area contributed by atoms with Crippen LogP contribution < -0.4 is 9.86 Å². The van der Waals surface area contributed by atoms with Gasteiger partial charge in [0.1, 0.15) is 4.90 Å². The van der Waals surface area contributed by atoms with Crippen molar-refractivity contribution in [1.29, 1.82) is 0 Å². The highest BCUT2D eigenvalue weighted by Crippen LogP contribution is 2.18. The Morgan fingerprint density at radius 2 is 2.00 bits per heavy atom. The Labute approximate surface area is 93.5 Å². The zero-order valence-corrected chi connectivity index (χ0v) is 10.3. The number of hydrogen-bond acceptors (Lipinski definition) is 5. The van der Waals surface area contributed by atoms with Crippen molar-refractivity contribution < 1.29 is 16.8 Å². The van der Waals surface area contributed by atoms with E-state index in [0.717, 1.165) is 10.9 Å². The van der Waals surface area contributed by atoms with Gasteiger partial charge in [0, 0.05) is 13.2 Å². The highest BCUT2D eigenvalue weighted by molar-refractivity contribution is 7.93. The van der Waals surface area contributed by atoms with Crippen molar-refractivity contribution in [3.05, 3.63) is 6.20 Å². The Bertz CT molecular complexity index is 586. The van der Waals surface area contributed by atoms with E-state index in [0.29, 0.717) is 0 Å². The topological polar surface area (TPSA) is 124 Å². The number of nitrogens with one attached hydrogen (secondary N) is 1. The largest absolute Gasteiger partial charge is 0.272 e. The lowest BCUT2D eigenvalue weighted by atomic mass is 10.7. The Balaban J connectivity index is 3.26. The molecule has 10 heteroatoms. The molecule has 0 fully saturated rings. The number of nitrogens with zero attached hydrogens (tertiary/aromatic N) is 2. The summed E-state index contributed by atoms with van der Waals surface area (Å²) in [7, 11) is -6.13. The fourth-order valence-electron chi connectivity index (χ4n) is 0.965. The van der Waals surface area contributed by atoms with Gasteiger partial charge in [-0.25, -0.2) is 22.0 Å². The molecule has 0 aliphatic heterocycles. The van der Waals surface area contributed by atoms with E-state index in [9.17, 15) is 16.8 Å². The molecule has 0 bridgehead atoms. The summed E-state index contributed by atoms with van der Waals surface area (Å²) in [4.78, 5) is -0.355. The zero-order valence-electron chi connectivity index (χ0n) is 8.71. The van der Waals surface area contributed by atoms with E-state index in [4.69, 9.17) is 5.14 Å². The average molecular weight is 268 g/mol. The van der Waals surface area contributed by atoms with Gasteiger partial charge in [-0.05, 0) is 6.92 Å². The molecule has 1 aromatic heterocycles. The van der Waals surface area contributed by atoms with Gasteiger partial charge < -0.3 is 0 Å². The molecule has 92 valence electrons. The van der Waals surface area contributed by atoms with E-state index in [1.807, 2.05) is 4.72 Å². The summed E-state index contributed by atoms with van der Waals surface area (Å²) in [6.45, 7) is 1.42. The molecule has 16 heavy (non-hydrogen) atoms. The Kier molecular flexibility index (Phi) is 3.26. The first-order valence-electron chi connectivity index (χ1n) is 4.22. The lowest BCUT2D eigenvalue weighted by Crippen LogP contribution is -2.19. The predicted molar refractivity (Wildman–Crippen MR) is 57.7 cm³/mol. The Hall–Kier alpha value is -1.13. The molecule has 1 aromatic rings. The highest BCUT2D eigenvalue weighted by Gasteiger charge is 2.21. The maximum Gasteiger partial charge on any atom is 0.243 e. The molecule has 0 radical (unpaired) electrons. The van der Waals surface area contributed by atoms with E-state index in [-0.39, 0.29) is 16.5 Å². The second kappa shape index (κ2) is 4.03. The molecule has 1 rings (SSSR count). The van der Waals surface area contributed by atoms with Crippen molar-refractivity contribution in [2.45, 2.75) is 11.8 Å². The van der Waals surface area contributed by atoms with Crippen molar-refractivity contribution in [3.8, 4) is 0 Å². The van der Waals surface area contributed by atoms with Crippen LogP contribution in [0.1, 0.15) is 6.92 Å². The number of primary sulfonamides is 1. The Morgan fingerprint density at radius 3 is 2.44 bits per heavy atom. The molecule has 3 N–H and O–H groups in total. The third-order valence-corrected chi connectivity index (χ3v) is 3.91. The Morgan fingerprint density at radius 1 is 1.44 bits per heavy atom. The second-order valence-electron chi connectivity index (χ2n) is 3.07. The summed E-state index contributed by atoms with van der Waals surface area (Å²) >= 11 is 0. The minimum Gasteiger partial charge on any atom is -0.272 e. The summed E-state index contributed by atoms with van der Waals surface area (Å²) in [5, 5.41) is 8.59. The molecule has 0 saturated carbocycles. The molecule has 0 spiro atoms. The van der Waals surface area contributed by atoms with Gasteiger partial charge >= 0.3 is 0 Å². The highest BCUT2D eigenvalue weighted by atomic mass is 32.2. The zero-order chi connectivity index (χ0) is 12.6. The summed E-state index contributed by atoms with van der Waals surface area (Å²) < 4.78 is 48.0. The quantitative estimate of drug-likeness (QED) is 0.712. The van der Waals surface area contributed by atoms with E-state index in [1.165, 1.54) is 14.0 Å². The maximum absolute atomic E-state index is 11.3. The van der Waals surface area contributed by atoms with Gasteiger partial charge in [0.15, 0.2) is 5.82 Å². The van der Waals surface area contributed by atoms with Crippen molar-refractivity contribution in [2.75, 3.05) is 10.5 Å². The molecular formula is C6H12N4O4S2. The number of aromatic nitrogens is 2. The fourth-order valence-corrected chi connectivity index (χ4v) is 2.28. The average Bonchev–Trinajstić information content (AvgIpc) is 2.45. The summed E-state index contributed by atoms with van der Waals surface area (Å²) in [5.41, 5.74) is 0. The van der Waals surface area contributed by atoms with Crippen LogP contribution in [-0.2, 0) is 27.1 Å². The predicted octanol–water partition coefficient (Wildman–Crippen LogP) is -1.17. The van der Waals surface area contributed by atoms with Crippen LogP contribution in [0.15, 0.2) is 11.1 Å². The lowest BCUT2D eigenvalue weighted by molar-refractivity contribution is 0.598. The van der Waals surface area contributed by atoms with Crippen LogP contribution in [0, 0.1) is 0 Å². The lowest BCUT2D eigenvalue weighted by Gasteiger charge is -2.03. The van der Waals surface area contributed by atoms with Crippen molar-refractivity contribution in [3.63, 3.8) is 0 Å². The molecule has 0 atom stereocenters. The third kappa shape index (κ3) is 2.93. The van der Waals surface area contributed by atoms with Crippen molar-refractivity contribution in [2.24, 2.45) is 12.2 Å². The molecule has 0 aromatic carbocycles. The number of rotatable bonds is 4. The van der Waals surface area contributed by atoms with Gasteiger partial charge in [-0.3, -0.25) is 9.40 Å². The molecule has 0 aliphatic carbocycles. The van der Waals surface area contributed by atoms with E-state index in [2.05, 4.69) is 5.10 Å². The van der Waals surface area contributed by atoms with E-state index in [1.54, 1.807) is 0 Å². The SMILES string of the molecule is CCS(=O)(=O)Nc1nn(C)cc1S(N)(=O)=O. The number of nitrogens with two attached hydrogens (primary N) is 1. The normalized spacial score (nSPS) is 12.7. The van der Waals surface area contributed by atoms with Crippen LogP contribution >= 0.6 is 0 Å². The van der Waals surface area contributed by atoms with Crippen LogP contribution in [0.4, 0.5) is 5.82 Å². The molecule has 1 heterocycles. The van der Waals surface area contributed by atoms with Gasteiger partial charge in [0.25, 0.3) is 0 Å². The van der Waals surface area contributed by atoms with E-state index >= 15 is 0 Å². The number of sulfonamides is 2. The molecule has 0 aliphatic rings. The monoisotopic (exact) mass is 268 g/mol. The first-order chi connectivity index (χ1) is 7.15. The van der Waals surface area contributed by atoms with Gasteiger partial charge in [-0.2, -0.15) is 5.10 Å². The van der Waals surface area contributed by atoms with Crippen LogP contribution in [0.25, 0.3) is 0 Å². The van der Waals surface area contributed by atoms with Gasteiger partial charge in [-0.1, -0.05) is 0 Å². The maximum atomic E-state index is 11.3. The summed E-state index contributed by atoms with van der Waals surface area (Å²) in [5.74, 6) is -0.472. The van der Waals surface area contributed by atoms with Crippen LogP contribution in [0.3, 0.4) is 0 Å².